The first-order valence-electron chi connectivity index (χ1n) is 6.49. The van der Waals surface area contributed by atoms with Gasteiger partial charge in [0.05, 0.1) is 0 Å². The first-order valence-corrected chi connectivity index (χ1v) is 6.49. The molecule has 0 aliphatic carbocycles. The highest BCUT2D eigenvalue weighted by molar-refractivity contribution is 5.92. The Labute approximate surface area is 118 Å². The Morgan fingerprint density at radius 2 is 1.55 bits per heavy atom. The van der Waals surface area contributed by atoms with Crippen molar-refractivity contribution in [3.05, 3.63) is 65.2 Å². The molecule has 0 aliphatic rings. The second kappa shape index (κ2) is 6.73. The summed E-state index contributed by atoms with van der Waals surface area (Å²) in [5, 5.41) is 0. The van der Waals surface area contributed by atoms with Crippen molar-refractivity contribution in [3.8, 4) is 5.75 Å². The van der Waals surface area contributed by atoms with Crippen molar-refractivity contribution in [2.75, 3.05) is 6.54 Å². The summed E-state index contributed by atoms with van der Waals surface area (Å²) in [7, 11) is 0. The van der Waals surface area contributed by atoms with E-state index in [2.05, 4.69) is 0 Å². The number of nitrogens with two attached hydrogens (primary N) is 2. The molecule has 0 bridgehead atoms. The number of carbonyl (C=O) groups is 1. The highest BCUT2D eigenvalue weighted by Crippen LogP contribution is 2.14. The number of primary amides is 1. The van der Waals surface area contributed by atoms with Gasteiger partial charge in [0, 0.05) is 5.56 Å². The van der Waals surface area contributed by atoms with Crippen molar-refractivity contribution in [1.82, 2.24) is 0 Å². The molecule has 2 aromatic carbocycles. The van der Waals surface area contributed by atoms with Crippen molar-refractivity contribution in [2.45, 2.75) is 13.0 Å². The molecule has 0 aliphatic heterocycles. The predicted molar refractivity (Wildman–Crippen MR) is 78.5 cm³/mol. The molecule has 0 atom stereocenters. The summed E-state index contributed by atoms with van der Waals surface area (Å²) in [5.74, 6) is 0.387. The van der Waals surface area contributed by atoms with Crippen LogP contribution in [0.2, 0.25) is 0 Å². The van der Waals surface area contributed by atoms with Crippen molar-refractivity contribution in [3.63, 3.8) is 0 Å². The highest BCUT2D eigenvalue weighted by Gasteiger charge is 2.01. The maximum Gasteiger partial charge on any atom is 0.248 e. The SMILES string of the molecule is NCCc1ccc(OCc2ccc(C(N)=O)cc2)cc1. The van der Waals surface area contributed by atoms with Crippen LogP contribution in [0, 0.1) is 0 Å². The quantitative estimate of drug-likeness (QED) is 0.841. The Balaban J connectivity index is 1.92. The topological polar surface area (TPSA) is 78.3 Å². The van der Waals surface area contributed by atoms with E-state index in [1.807, 2.05) is 36.4 Å². The normalized spacial score (nSPS) is 10.2. The van der Waals surface area contributed by atoms with E-state index >= 15 is 0 Å². The van der Waals surface area contributed by atoms with Gasteiger partial charge in [0.1, 0.15) is 12.4 Å². The molecule has 0 radical (unpaired) electrons. The number of amides is 1. The van der Waals surface area contributed by atoms with E-state index in [0.717, 1.165) is 17.7 Å². The lowest BCUT2D eigenvalue weighted by Crippen LogP contribution is -2.10. The molecule has 4 heteroatoms. The maximum absolute atomic E-state index is 11.0. The lowest BCUT2D eigenvalue weighted by Gasteiger charge is -2.07. The van der Waals surface area contributed by atoms with Crippen LogP contribution in [0.1, 0.15) is 21.5 Å². The second-order valence-corrected chi connectivity index (χ2v) is 4.53. The van der Waals surface area contributed by atoms with Crippen LogP contribution < -0.4 is 16.2 Å². The van der Waals surface area contributed by atoms with E-state index in [9.17, 15) is 4.79 Å². The lowest BCUT2D eigenvalue weighted by molar-refractivity contribution is 0.1000. The third kappa shape index (κ3) is 3.83. The summed E-state index contributed by atoms with van der Waals surface area (Å²) in [6, 6.07) is 15.0. The minimum absolute atomic E-state index is 0.423. The molecule has 4 N–H and O–H groups in total. The summed E-state index contributed by atoms with van der Waals surface area (Å²) in [6.07, 6.45) is 0.870. The van der Waals surface area contributed by atoms with Gasteiger partial charge in [0.25, 0.3) is 0 Å². The van der Waals surface area contributed by atoms with Crippen LogP contribution in [-0.4, -0.2) is 12.5 Å². The molecule has 4 nitrogen and oxygen atoms in total. The average Bonchev–Trinajstić information content (AvgIpc) is 2.47. The van der Waals surface area contributed by atoms with Crippen LogP contribution in [0.3, 0.4) is 0 Å². The molecular formula is C16H18N2O2. The number of rotatable bonds is 6. The molecule has 1 amide bonds. The first-order chi connectivity index (χ1) is 9.69. The lowest BCUT2D eigenvalue weighted by atomic mass is 10.1. The number of hydrogen-bond acceptors (Lipinski definition) is 3. The smallest absolute Gasteiger partial charge is 0.248 e. The van der Waals surface area contributed by atoms with Crippen LogP contribution in [0.15, 0.2) is 48.5 Å². The summed E-state index contributed by atoms with van der Waals surface area (Å²) in [4.78, 5) is 11.0. The third-order valence-corrected chi connectivity index (χ3v) is 3.00. The summed E-state index contributed by atoms with van der Waals surface area (Å²) in [5.41, 5.74) is 13.4. The Morgan fingerprint density at radius 3 is 2.10 bits per heavy atom. The molecule has 0 unspecified atom stereocenters. The summed E-state index contributed by atoms with van der Waals surface area (Å²) >= 11 is 0. The zero-order chi connectivity index (χ0) is 14.4. The van der Waals surface area contributed by atoms with E-state index in [4.69, 9.17) is 16.2 Å². The van der Waals surface area contributed by atoms with Gasteiger partial charge in [0.15, 0.2) is 0 Å². The molecule has 2 aromatic rings. The van der Waals surface area contributed by atoms with Gasteiger partial charge in [0.2, 0.25) is 5.91 Å². The molecule has 0 spiro atoms. The molecule has 20 heavy (non-hydrogen) atoms. The van der Waals surface area contributed by atoms with Gasteiger partial charge in [-0.1, -0.05) is 24.3 Å². The van der Waals surface area contributed by atoms with Gasteiger partial charge >= 0.3 is 0 Å². The Morgan fingerprint density at radius 1 is 0.950 bits per heavy atom. The van der Waals surface area contributed by atoms with E-state index in [0.29, 0.717) is 18.7 Å². The molecule has 0 heterocycles. The fraction of sp³-hybridized carbons (Fsp3) is 0.188. The van der Waals surface area contributed by atoms with Gasteiger partial charge in [-0.2, -0.15) is 0 Å². The molecule has 0 fully saturated rings. The zero-order valence-corrected chi connectivity index (χ0v) is 11.2. The minimum atomic E-state index is -0.423. The van der Waals surface area contributed by atoms with Gasteiger partial charge in [-0.05, 0) is 48.4 Å². The third-order valence-electron chi connectivity index (χ3n) is 3.00. The van der Waals surface area contributed by atoms with Gasteiger partial charge in [-0.25, -0.2) is 0 Å². The molecule has 2 rings (SSSR count). The Hall–Kier alpha value is -2.33. The number of carbonyl (C=O) groups excluding carboxylic acids is 1. The average molecular weight is 270 g/mol. The van der Waals surface area contributed by atoms with Crippen LogP contribution in [0.5, 0.6) is 5.75 Å². The van der Waals surface area contributed by atoms with Crippen LogP contribution >= 0.6 is 0 Å². The van der Waals surface area contributed by atoms with Crippen molar-refractivity contribution in [2.24, 2.45) is 11.5 Å². The van der Waals surface area contributed by atoms with Crippen molar-refractivity contribution < 1.29 is 9.53 Å². The first kappa shape index (κ1) is 14.1. The zero-order valence-electron chi connectivity index (χ0n) is 11.2. The minimum Gasteiger partial charge on any atom is -0.489 e. The van der Waals surface area contributed by atoms with Crippen LogP contribution in [-0.2, 0) is 13.0 Å². The highest BCUT2D eigenvalue weighted by atomic mass is 16.5. The van der Waals surface area contributed by atoms with Gasteiger partial charge < -0.3 is 16.2 Å². The molecule has 104 valence electrons. The summed E-state index contributed by atoms with van der Waals surface area (Å²) in [6.45, 7) is 1.10. The number of ether oxygens (including phenoxy) is 1. The molecule has 0 saturated heterocycles. The van der Waals surface area contributed by atoms with Crippen molar-refractivity contribution >= 4 is 5.91 Å². The Bertz CT molecular complexity index is 562. The fourth-order valence-electron chi connectivity index (χ4n) is 1.85. The number of benzene rings is 2. The number of hydrogen-bond donors (Lipinski definition) is 2. The van der Waals surface area contributed by atoms with Crippen LogP contribution in [0.25, 0.3) is 0 Å². The second-order valence-electron chi connectivity index (χ2n) is 4.53. The van der Waals surface area contributed by atoms with Gasteiger partial charge in [-0.15, -0.1) is 0 Å². The van der Waals surface area contributed by atoms with E-state index in [1.165, 1.54) is 5.56 Å². The van der Waals surface area contributed by atoms with Gasteiger partial charge in [-0.3, -0.25) is 4.79 Å². The largest absolute Gasteiger partial charge is 0.489 e. The predicted octanol–water partition coefficient (Wildman–Crippen LogP) is 1.87. The fourth-order valence-corrected chi connectivity index (χ4v) is 1.85. The monoisotopic (exact) mass is 270 g/mol. The standard InChI is InChI=1S/C16H18N2O2/c17-10-9-12-3-7-15(8-4-12)20-11-13-1-5-14(6-2-13)16(18)19/h1-8H,9-11,17H2,(H2,18,19). The van der Waals surface area contributed by atoms with E-state index in [-0.39, 0.29) is 0 Å². The molecular weight excluding hydrogens is 252 g/mol. The van der Waals surface area contributed by atoms with E-state index < -0.39 is 5.91 Å². The van der Waals surface area contributed by atoms with E-state index in [1.54, 1.807) is 12.1 Å². The van der Waals surface area contributed by atoms with Crippen molar-refractivity contribution in [1.29, 1.82) is 0 Å². The summed E-state index contributed by atoms with van der Waals surface area (Å²) < 4.78 is 5.68. The Kier molecular flexibility index (Phi) is 4.74. The van der Waals surface area contributed by atoms with Crippen LogP contribution in [0.4, 0.5) is 0 Å². The molecule has 0 saturated carbocycles. The maximum atomic E-state index is 11.0. The molecule has 0 aromatic heterocycles.